The first kappa shape index (κ1) is 11.2. The summed E-state index contributed by atoms with van der Waals surface area (Å²) in [6, 6.07) is 0. The summed E-state index contributed by atoms with van der Waals surface area (Å²) < 4.78 is 4.91. The van der Waals surface area contributed by atoms with Crippen molar-refractivity contribution < 1.29 is 9.53 Å². The molecule has 1 unspecified atom stereocenters. The topological polar surface area (TPSA) is 38.3 Å². The Bertz CT molecular complexity index is 265. The van der Waals surface area contributed by atoms with Gasteiger partial charge in [0.15, 0.2) is 0 Å². The summed E-state index contributed by atoms with van der Waals surface area (Å²) >= 11 is 5.70. The fourth-order valence-corrected chi connectivity index (χ4v) is 2.75. The minimum absolute atomic E-state index is 0.114. The maximum atomic E-state index is 11.8. The molecule has 0 radical (unpaired) electrons. The predicted octanol–water partition coefficient (Wildman–Crippen LogP) is 1.83. The first-order valence-electron chi connectivity index (χ1n) is 5.60. The highest BCUT2D eigenvalue weighted by atomic mass is 35.5. The van der Waals surface area contributed by atoms with Gasteiger partial charge in [-0.3, -0.25) is 10.1 Å². The highest BCUT2D eigenvalue weighted by Crippen LogP contribution is 2.49. The number of nitrogens with one attached hydrogen (secondary N) is 1. The van der Waals surface area contributed by atoms with E-state index >= 15 is 0 Å². The highest BCUT2D eigenvalue weighted by molar-refractivity contribution is 6.17. The number of carbonyl (C=O) groups is 1. The van der Waals surface area contributed by atoms with Gasteiger partial charge in [0.1, 0.15) is 5.54 Å². The van der Waals surface area contributed by atoms with E-state index in [9.17, 15) is 4.79 Å². The first-order valence-corrected chi connectivity index (χ1v) is 6.14. The van der Waals surface area contributed by atoms with Crippen molar-refractivity contribution in [2.24, 2.45) is 0 Å². The van der Waals surface area contributed by atoms with E-state index in [-0.39, 0.29) is 11.5 Å². The fraction of sp³-hybridized carbons (Fsp3) is 0.909. The van der Waals surface area contributed by atoms with Crippen molar-refractivity contribution in [2.75, 3.05) is 13.0 Å². The summed E-state index contributed by atoms with van der Waals surface area (Å²) in [5.74, 6) is 0.490. The van der Waals surface area contributed by atoms with E-state index < -0.39 is 5.54 Å². The Kier molecular flexibility index (Phi) is 2.95. The number of hydrogen-bond acceptors (Lipinski definition) is 3. The molecule has 0 bridgehead atoms. The minimum Gasteiger partial charge on any atom is -0.468 e. The van der Waals surface area contributed by atoms with E-state index in [0.717, 1.165) is 25.7 Å². The van der Waals surface area contributed by atoms with Crippen LogP contribution >= 0.6 is 11.6 Å². The zero-order valence-corrected chi connectivity index (χ0v) is 9.90. The molecule has 0 amide bonds. The van der Waals surface area contributed by atoms with Gasteiger partial charge in [0.25, 0.3) is 0 Å². The zero-order valence-electron chi connectivity index (χ0n) is 9.14. The van der Waals surface area contributed by atoms with Crippen molar-refractivity contribution in [3.63, 3.8) is 0 Å². The van der Waals surface area contributed by atoms with Crippen LogP contribution in [0.4, 0.5) is 0 Å². The van der Waals surface area contributed by atoms with Crippen LogP contribution in [0, 0.1) is 0 Å². The molecule has 1 spiro atoms. The summed E-state index contributed by atoms with van der Waals surface area (Å²) in [6.45, 7) is 0. The van der Waals surface area contributed by atoms with Crippen LogP contribution in [0.5, 0.6) is 0 Å². The van der Waals surface area contributed by atoms with Gasteiger partial charge in [-0.05, 0) is 38.5 Å². The lowest BCUT2D eigenvalue weighted by Crippen LogP contribution is -2.51. The molecule has 1 atom stereocenters. The zero-order chi connectivity index (χ0) is 10.9. The Morgan fingerprint density at radius 1 is 1.40 bits per heavy atom. The molecular weight excluding hydrogens is 214 g/mol. The lowest BCUT2D eigenvalue weighted by molar-refractivity contribution is -0.148. The molecule has 2 aliphatic rings. The largest absolute Gasteiger partial charge is 0.468 e. The standard InChI is InChI=1S/C11H18ClNO2/c1-15-9(14)11(3-2-8-12)7-6-10(13-11)4-5-10/h13H,2-8H2,1H3. The summed E-state index contributed by atoms with van der Waals surface area (Å²) in [4.78, 5) is 11.8. The molecule has 0 aromatic carbocycles. The summed E-state index contributed by atoms with van der Waals surface area (Å²) in [6.07, 6.45) is 6.06. The molecule has 1 saturated carbocycles. The number of carbonyl (C=O) groups excluding carboxylic acids is 1. The molecule has 2 rings (SSSR count). The molecule has 1 heterocycles. The second-order valence-electron chi connectivity index (χ2n) is 4.77. The van der Waals surface area contributed by atoms with Crippen LogP contribution in [0.25, 0.3) is 0 Å². The average Bonchev–Trinajstić information content (AvgIpc) is 2.89. The summed E-state index contributed by atoms with van der Waals surface area (Å²) in [5.41, 5.74) is -0.180. The van der Waals surface area contributed by atoms with Gasteiger partial charge in [-0.25, -0.2) is 0 Å². The normalized spacial score (nSPS) is 31.9. The Hall–Kier alpha value is -0.280. The van der Waals surface area contributed by atoms with E-state index in [1.807, 2.05) is 0 Å². The van der Waals surface area contributed by atoms with Crippen LogP contribution < -0.4 is 5.32 Å². The van der Waals surface area contributed by atoms with E-state index in [1.165, 1.54) is 20.0 Å². The second kappa shape index (κ2) is 3.95. The SMILES string of the molecule is COC(=O)C1(CCCCl)CCC2(CC2)N1. The number of alkyl halides is 1. The fourth-order valence-electron chi connectivity index (χ4n) is 2.62. The van der Waals surface area contributed by atoms with Crippen LogP contribution in [-0.4, -0.2) is 30.0 Å². The molecule has 0 aromatic heterocycles. The van der Waals surface area contributed by atoms with E-state index in [0.29, 0.717) is 5.88 Å². The van der Waals surface area contributed by atoms with Crippen molar-refractivity contribution in [1.82, 2.24) is 5.32 Å². The van der Waals surface area contributed by atoms with Gasteiger partial charge in [-0.1, -0.05) is 0 Å². The summed E-state index contributed by atoms with van der Waals surface area (Å²) in [5, 5.41) is 3.51. The Labute approximate surface area is 95.5 Å². The molecule has 1 N–H and O–H groups in total. The van der Waals surface area contributed by atoms with Crippen molar-refractivity contribution >= 4 is 17.6 Å². The first-order chi connectivity index (χ1) is 7.16. The predicted molar refractivity (Wildman–Crippen MR) is 59.0 cm³/mol. The Morgan fingerprint density at radius 3 is 2.53 bits per heavy atom. The molecule has 4 heteroatoms. The molecule has 3 nitrogen and oxygen atoms in total. The van der Waals surface area contributed by atoms with E-state index in [4.69, 9.17) is 16.3 Å². The van der Waals surface area contributed by atoms with Crippen molar-refractivity contribution in [2.45, 2.75) is 49.6 Å². The lowest BCUT2D eigenvalue weighted by atomic mass is 9.92. The molecule has 0 aromatic rings. The van der Waals surface area contributed by atoms with Gasteiger partial charge in [-0.2, -0.15) is 0 Å². The number of esters is 1. The third-order valence-corrected chi connectivity index (χ3v) is 3.97. The van der Waals surface area contributed by atoms with Crippen molar-refractivity contribution in [3.8, 4) is 0 Å². The number of methoxy groups -OCH3 is 1. The van der Waals surface area contributed by atoms with Crippen molar-refractivity contribution in [3.05, 3.63) is 0 Å². The lowest BCUT2D eigenvalue weighted by Gasteiger charge is -2.27. The molecule has 1 aliphatic heterocycles. The van der Waals surface area contributed by atoms with E-state index in [2.05, 4.69) is 5.32 Å². The monoisotopic (exact) mass is 231 g/mol. The molecule has 1 saturated heterocycles. The molecular formula is C11H18ClNO2. The van der Waals surface area contributed by atoms with Gasteiger partial charge in [0, 0.05) is 11.4 Å². The van der Waals surface area contributed by atoms with Gasteiger partial charge in [0.2, 0.25) is 0 Å². The summed E-state index contributed by atoms with van der Waals surface area (Å²) in [7, 11) is 1.46. The smallest absolute Gasteiger partial charge is 0.326 e. The molecule has 86 valence electrons. The Balaban J connectivity index is 2.06. The third kappa shape index (κ3) is 2.00. The molecule has 2 fully saturated rings. The number of hydrogen-bond donors (Lipinski definition) is 1. The van der Waals surface area contributed by atoms with Crippen LogP contribution in [0.1, 0.15) is 38.5 Å². The highest BCUT2D eigenvalue weighted by Gasteiger charge is 2.57. The average molecular weight is 232 g/mol. The number of rotatable bonds is 4. The Morgan fingerprint density at radius 2 is 2.07 bits per heavy atom. The van der Waals surface area contributed by atoms with Crippen molar-refractivity contribution in [1.29, 1.82) is 0 Å². The maximum absolute atomic E-state index is 11.8. The number of ether oxygens (including phenoxy) is 1. The van der Waals surface area contributed by atoms with Gasteiger partial charge >= 0.3 is 5.97 Å². The van der Waals surface area contributed by atoms with E-state index in [1.54, 1.807) is 0 Å². The maximum Gasteiger partial charge on any atom is 0.326 e. The number of halogens is 1. The molecule has 15 heavy (non-hydrogen) atoms. The second-order valence-corrected chi connectivity index (χ2v) is 5.15. The van der Waals surface area contributed by atoms with Crippen LogP contribution in [0.3, 0.4) is 0 Å². The van der Waals surface area contributed by atoms with Gasteiger partial charge in [-0.15, -0.1) is 11.6 Å². The quantitative estimate of drug-likeness (QED) is 0.593. The molecule has 1 aliphatic carbocycles. The van der Waals surface area contributed by atoms with Gasteiger partial charge in [0.05, 0.1) is 7.11 Å². The third-order valence-electron chi connectivity index (χ3n) is 3.70. The van der Waals surface area contributed by atoms with Gasteiger partial charge < -0.3 is 4.74 Å². The van der Waals surface area contributed by atoms with Crippen LogP contribution in [0.2, 0.25) is 0 Å². The van der Waals surface area contributed by atoms with Crippen LogP contribution in [-0.2, 0) is 9.53 Å². The van der Waals surface area contributed by atoms with Crippen LogP contribution in [0.15, 0.2) is 0 Å². The minimum atomic E-state index is -0.444.